The number of ether oxygens (including phenoxy) is 1. The van der Waals surface area contributed by atoms with Gasteiger partial charge < -0.3 is 14.6 Å². The third kappa shape index (κ3) is 3.54. The average molecular weight is 264 g/mol. The molecule has 1 aromatic carbocycles. The van der Waals surface area contributed by atoms with Crippen molar-refractivity contribution in [2.24, 2.45) is 0 Å². The summed E-state index contributed by atoms with van der Waals surface area (Å²) in [6.07, 6.45) is 0. The lowest BCUT2D eigenvalue weighted by molar-refractivity contribution is -0.118. The normalized spacial score (nSPS) is 10.3. The van der Waals surface area contributed by atoms with Gasteiger partial charge in [-0.15, -0.1) is 0 Å². The highest BCUT2D eigenvalue weighted by molar-refractivity contribution is 5.92. The first-order valence-electron chi connectivity index (χ1n) is 5.67. The molecule has 0 saturated heterocycles. The van der Waals surface area contributed by atoms with Crippen LogP contribution < -0.4 is 10.1 Å². The summed E-state index contributed by atoms with van der Waals surface area (Å²) in [4.78, 5) is 11.6. The Hall–Kier alpha value is -2.37. The fraction of sp³-hybridized carbons (Fsp3) is 0.231. The van der Waals surface area contributed by atoms with Crippen molar-refractivity contribution in [2.45, 2.75) is 13.8 Å². The molecule has 2 rings (SSSR count). The van der Waals surface area contributed by atoms with Crippen molar-refractivity contribution in [1.82, 2.24) is 5.16 Å². The SMILES string of the molecule is Cc1cc(OCC(=O)Nc2ccc(F)cc2C)no1. The second-order valence-electron chi connectivity index (χ2n) is 4.07. The number of hydrogen-bond acceptors (Lipinski definition) is 4. The third-order valence-electron chi connectivity index (χ3n) is 2.42. The fourth-order valence-corrected chi connectivity index (χ4v) is 1.50. The predicted molar refractivity (Wildman–Crippen MR) is 66.5 cm³/mol. The van der Waals surface area contributed by atoms with Crippen LogP contribution in [-0.2, 0) is 4.79 Å². The van der Waals surface area contributed by atoms with E-state index in [0.29, 0.717) is 17.0 Å². The van der Waals surface area contributed by atoms with Crippen LogP contribution in [0.4, 0.5) is 10.1 Å². The number of carbonyl (C=O) groups is 1. The van der Waals surface area contributed by atoms with Crippen molar-refractivity contribution in [3.63, 3.8) is 0 Å². The molecule has 0 atom stereocenters. The molecule has 100 valence electrons. The Morgan fingerprint density at radius 1 is 1.42 bits per heavy atom. The van der Waals surface area contributed by atoms with Gasteiger partial charge in [0.25, 0.3) is 11.8 Å². The van der Waals surface area contributed by atoms with Gasteiger partial charge in [-0.1, -0.05) is 0 Å². The zero-order valence-corrected chi connectivity index (χ0v) is 10.6. The van der Waals surface area contributed by atoms with Gasteiger partial charge in [-0.3, -0.25) is 4.79 Å². The molecule has 0 fully saturated rings. The third-order valence-corrected chi connectivity index (χ3v) is 2.42. The van der Waals surface area contributed by atoms with Crippen molar-refractivity contribution >= 4 is 11.6 Å². The lowest BCUT2D eigenvalue weighted by atomic mass is 10.2. The zero-order chi connectivity index (χ0) is 13.8. The Morgan fingerprint density at radius 3 is 2.84 bits per heavy atom. The Kier molecular flexibility index (Phi) is 3.79. The van der Waals surface area contributed by atoms with Crippen LogP contribution in [0.3, 0.4) is 0 Å². The van der Waals surface area contributed by atoms with Gasteiger partial charge in [0, 0.05) is 11.8 Å². The number of nitrogens with one attached hydrogen (secondary N) is 1. The molecule has 1 amide bonds. The van der Waals surface area contributed by atoms with Crippen LogP contribution in [0.25, 0.3) is 0 Å². The summed E-state index contributed by atoms with van der Waals surface area (Å²) in [5, 5.41) is 6.22. The fourth-order valence-electron chi connectivity index (χ4n) is 1.50. The minimum atomic E-state index is -0.352. The van der Waals surface area contributed by atoms with Crippen LogP contribution in [0, 0.1) is 19.7 Å². The number of aromatic nitrogens is 1. The van der Waals surface area contributed by atoms with Gasteiger partial charge in [-0.2, -0.15) is 0 Å². The second kappa shape index (κ2) is 5.51. The molecule has 0 saturated carbocycles. The number of amides is 1. The maximum absolute atomic E-state index is 12.9. The molecule has 0 unspecified atom stereocenters. The first-order valence-corrected chi connectivity index (χ1v) is 5.67. The van der Waals surface area contributed by atoms with Crippen molar-refractivity contribution in [1.29, 1.82) is 0 Å². The van der Waals surface area contributed by atoms with E-state index in [1.54, 1.807) is 19.9 Å². The molecule has 0 bridgehead atoms. The summed E-state index contributed by atoms with van der Waals surface area (Å²) in [7, 11) is 0. The summed E-state index contributed by atoms with van der Waals surface area (Å²) in [6, 6.07) is 5.71. The Balaban J connectivity index is 1.90. The highest BCUT2D eigenvalue weighted by Gasteiger charge is 2.08. The minimum absolute atomic E-state index is 0.192. The molecule has 1 aromatic heterocycles. The molecule has 1 heterocycles. The largest absolute Gasteiger partial charge is 0.465 e. The van der Waals surface area contributed by atoms with E-state index in [1.807, 2.05) is 0 Å². The summed E-state index contributed by atoms with van der Waals surface area (Å²) < 4.78 is 22.8. The van der Waals surface area contributed by atoms with E-state index in [9.17, 15) is 9.18 Å². The summed E-state index contributed by atoms with van der Waals surface area (Å²) in [5.41, 5.74) is 1.19. The molecule has 6 heteroatoms. The van der Waals surface area contributed by atoms with E-state index >= 15 is 0 Å². The number of benzene rings is 1. The number of nitrogens with zero attached hydrogens (tertiary/aromatic N) is 1. The van der Waals surface area contributed by atoms with Gasteiger partial charge >= 0.3 is 0 Å². The number of halogens is 1. The van der Waals surface area contributed by atoms with E-state index in [4.69, 9.17) is 9.26 Å². The quantitative estimate of drug-likeness (QED) is 0.921. The smallest absolute Gasteiger partial charge is 0.262 e. The van der Waals surface area contributed by atoms with Gasteiger partial charge in [0.2, 0.25) is 0 Å². The van der Waals surface area contributed by atoms with Gasteiger partial charge in [0.15, 0.2) is 6.61 Å². The maximum atomic E-state index is 12.9. The molecule has 0 radical (unpaired) electrons. The number of rotatable bonds is 4. The second-order valence-corrected chi connectivity index (χ2v) is 4.07. The first kappa shape index (κ1) is 13.1. The number of anilines is 1. The van der Waals surface area contributed by atoms with E-state index in [1.165, 1.54) is 18.2 Å². The zero-order valence-electron chi connectivity index (χ0n) is 10.6. The van der Waals surface area contributed by atoms with Gasteiger partial charge in [0.1, 0.15) is 11.6 Å². The summed E-state index contributed by atoms with van der Waals surface area (Å²) in [6.45, 7) is 3.24. The van der Waals surface area contributed by atoms with Crippen LogP contribution in [0.1, 0.15) is 11.3 Å². The van der Waals surface area contributed by atoms with Crippen LogP contribution in [0.15, 0.2) is 28.8 Å². The van der Waals surface area contributed by atoms with Gasteiger partial charge in [-0.05, 0) is 42.8 Å². The van der Waals surface area contributed by atoms with Crippen LogP contribution in [0.5, 0.6) is 5.88 Å². The van der Waals surface area contributed by atoms with Gasteiger partial charge in [-0.25, -0.2) is 4.39 Å². The van der Waals surface area contributed by atoms with Crippen molar-refractivity contribution in [3.05, 3.63) is 41.4 Å². The lowest BCUT2D eigenvalue weighted by Gasteiger charge is -2.08. The standard InChI is InChI=1S/C13H13FN2O3/c1-8-5-10(14)3-4-11(8)15-12(17)7-18-13-6-9(2)19-16-13/h3-6H,7H2,1-2H3,(H,15,17). The van der Waals surface area contributed by atoms with E-state index in [-0.39, 0.29) is 24.2 Å². The lowest BCUT2D eigenvalue weighted by Crippen LogP contribution is -2.20. The number of carbonyl (C=O) groups excluding carboxylic acids is 1. The molecule has 0 aliphatic heterocycles. The Bertz CT molecular complexity index is 595. The highest BCUT2D eigenvalue weighted by atomic mass is 19.1. The molecular formula is C13H13FN2O3. The monoisotopic (exact) mass is 264 g/mol. The van der Waals surface area contributed by atoms with Crippen molar-refractivity contribution in [2.75, 3.05) is 11.9 Å². The first-order chi connectivity index (χ1) is 9.04. The Morgan fingerprint density at radius 2 is 2.21 bits per heavy atom. The molecule has 0 aliphatic rings. The molecule has 2 aromatic rings. The van der Waals surface area contributed by atoms with E-state index in [2.05, 4.69) is 10.5 Å². The summed E-state index contributed by atoms with van der Waals surface area (Å²) >= 11 is 0. The molecular weight excluding hydrogens is 251 g/mol. The number of aryl methyl sites for hydroxylation is 2. The Labute approximate surface area is 109 Å². The van der Waals surface area contributed by atoms with Crippen LogP contribution in [0.2, 0.25) is 0 Å². The summed E-state index contributed by atoms with van der Waals surface area (Å²) in [5.74, 6) is 0.161. The predicted octanol–water partition coefficient (Wildman–Crippen LogP) is 2.45. The molecule has 0 spiro atoms. The van der Waals surface area contributed by atoms with E-state index < -0.39 is 0 Å². The van der Waals surface area contributed by atoms with Crippen molar-refractivity contribution in [3.8, 4) is 5.88 Å². The molecule has 0 aliphatic carbocycles. The van der Waals surface area contributed by atoms with Crippen LogP contribution in [-0.4, -0.2) is 17.7 Å². The van der Waals surface area contributed by atoms with Crippen LogP contribution >= 0.6 is 0 Å². The molecule has 1 N–H and O–H groups in total. The molecule has 19 heavy (non-hydrogen) atoms. The molecule has 5 nitrogen and oxygen atoms in total. The number of hydrogen-bond donors (Lipinski definition) is 1. The minimum Gasteiger partial charge on any atom is -0.465 e. The topological polar surface area (TPSA) is 64.4 Å². The maximum Gasteiger partial charge on any atom is 0.262 e. The van der Waals surface area contributed by atoms with E-state index in [0.717, 1.165) is 0 Å². The van der Waals surface area contributed by atoms with Gasteiger partial charge in [0.05, 0.1) is 0 Å². The average Bonchev–Trinajstić information content (AvgIpc) is 2.76. The highest BCUT2D eigenvalue weighted by Crippen LogP contribution is 2.15. The van der Waals surface area contributed by atoms with Crippen molar-refractivity contribution < 1.29 is 18.4 Å².